The molecule has 1 nitrogen and oxygen atoms in total. The van der Waals surface area contributed by atoms with Crippen LogP contribution in [0.15, 0.2) is 24.3 Å². The lowest BCUT2D eigenvalue weighted by molar-refractivity contribution is 0.133. The van der Waals surface area contributed by atoms with E-state index in [9.17, 15) is 5.11 Å². The van der Waals surface area contributed by atoms with E-state index >= 15 is 0 Å². The third-order valence-corrected chi connectivity index (χ3v) is 5.66. The van der Waals surface area contributed by atoms with Gasteiger partial charge in [0.1, 0.15) is 0 Å². The van der Waals surface area contributed by atoms with E-state index in [1.807, 2.05) is 11.8 Å². The molecule has 0 saturated carbocycles. The van der Waals surface area contributed by atoms with E-state index in [-0.39, 0.29) is 10.9 Å². The van der Waals surface area contributed by atoms with Gasteiger partial charge in [-0.1, -0.05) is 38.1 Å². The van der Waals surface area contributed by atoms with Crippen molar-refractivity contribution in [3.05, 3.63) is 35.4 Å². The van der Waals surface area contributed by atoms with Gasteiger partial charge in [0.15, 0.2) is 0 Å². The second-order valence-electron chi connectivity index (χ2n) is 5.88. The van der Waals surface area contributed by atoms with Gasteiger partial charge in [0, 0.05) is 4.75 Å². The van der Waals surface area contributed by atoms with Crippen LogP contribution in [0.4, 0.5) is 0 Å². The molecule has 1 fully saturated rings. The van der Waals surface area contributed by atoms with Crippen molar-refractivity contribution in [2.24, 2.45) is 0 Å². The first-order chi connectivity index (χ1) is 8.51. The minimum Gasteiger partial charge on any atom is -0.391 e. The fourth-order valence-corrected chi connectivity index (χ4v) is 3.86. The van der Waals surface area contributed by atoms with Gasteiger partial charge in [0.05, 0.1) is 6.10 Å². The van der Waals surface area contributed by atoms with Crippen molar-refractivity contribution in [1.29, 1.82) is 0 Å². The van der Waals surface area contributed by atoms with Crippen molar-refractivity contribution in [3.63, 3.8) is 0 Å². The molecular formula is C16H24OS. The Balaban J connectivity index is 2.00. The fourth-order valence-electron chi connectivity index (χ4n) is 2.54. The summed E-state index contributed by atoms with van der Waals surface area (Å²) in [5.41, 5.74) is 2.62. The molecule has 1 aliphatic rings. The van der Waals surface area contributed by atoms with E-state index in [2.05, 4.69) is 45.0 Å². The summed E-state index contributed by atoms with van der Waals surface area (Å²) >= 11 is 1.93. The first-order valence-corrected chi connectivity index (χ1v) is 7.91. The van der Waals surface area contributed by atoms with Crippen LogP contribution in [0, 0.1) is 0 Å². The largest absolute Gasteiger partial charge is 0.391 e. The Morgan fingerprint density at radius 3 is 2.44 bits per heavy atom. The maximum atomic E-state index is 10.4. The van der Waals surface area contributed by atoms with Gasteiger partial charge in [-0.3, -0.25) is 0 Å². The van der Waals surface area contributed by atoms with Gasteiger partial charge in [0.25, 0.3) is 0 Å². The Morgan fingerprint density at radius 2 is 1.94 bits per heavy atom. The number of thioether (sulfide) groups is 1. The van der Waals surface area contributed by atoms with E-state index in [0.29, 0.717) is 5.92 Å². The smallest absolute Gasteiger partial charge is 0.0724 e. The van der Waals surface area contributed by atoms with Gasteiger partial charge in [-0.15, -0.1) is 0 Å². The van der Waals surface area contributed by atoms with E-state index in [1.54, 1.807) is 0 Å². The normalized spacial score (nSPS) is 25.6. The van der Waals surface area contributed by atoms with Gasteiger partial charge in [-0.05, 0) is 49.0 Å². The van der Waals surface area contributed by atoms with E-state index < -0.39 is 0 Å². The fraction of sp³-hybridized carbons (Fsp3) is 0.625. The number of rotatable bonds is 4. The number of hydrogen-bond acceptors (Lipinski definition) is 2. The van der Waals surface area contributed by atoms with Crippen LogP contribution in [0.25, 0.3) is 0 Å². The second kappa shape index (κ2) is 5.66. The van der Waals surface area contributed by atoms with Crippen LogP contribution in [0.3, 0.4) is 0 Å². The quantitative estimate of drug-likeness (QED) is 0.887. The molecule has 18 heavy (non-hydrogen) atoms. The van der Waals surface area contributed by atoms with Gasteiger partial charge in [0.2, 0.25) is 0 Å². The highest BCUT2D eigenvalue weighted by atomic mass is 32.2. The lowest BCUT2D eigenvalue weighted by atomic mass is 9.92. The number of aliphatic hydroxyl groups is 1. The third-order valence-electron chi connectivity index (χ3n) is 4.03. The average Bonchev–Trinajstić information content (AvgIpc) is 2.78. The first kappa shape index (κ1) is 14.0. The van der Waals surface area contributed by atoms with Gasteiger partial charge in [-0.2, -0.15) is 11.8 Å². The predicted molar refractivity (Wildman–Crippen MR) is 80.3 cm³/mol. The molecule has 2 atom stereocenters. The molecule has 1 heterocycles. The lowest BCUT2D eigenvalue weighted by Crippen LogP contribution is -2.35. The Kier molecular flexibility index (Phi) is 4.39. The lowest BCUT2D eigenvalue weighted by Gasteiger charge is -2.29. The maximum absolute atomic E-state index is 10.4. The van der Waals surface area contributed by atoms with Crippen LogP contribution in [0.5, 0.6) is 0 Å². The van der Waals surface area contributed by atoms with Gasteiger partial charge < -0.3 is 5.11 Å². The molecule has 0 bridgehead atoms. The molecule has 1 aromatic rings. The average molecular weight is 264 g/mol. The Morgan fingerprint density at radius 1 is 1.28 bits per heavy atom. The van der Waals surface area contributed by atoms with Crippen LogP contribution in [0.1, 0.15) is 50.7 Å². The molecule has 0 spiro atoms. The summed E-state index contributed by atoms with van der Waals surface area (Å²) in [6, 6.07) is 8.72. The molecule has 2 rings (SSSR count). The summed E-state index contributed by atoms with van der Waals surface area (Å²) in [7, 11) is 0. The zero-order valence-electron chi connectivity index (χ0n) is 11.6. The predicted octanol–water partition coefficient (Wildman–Crippen LogP) is 4.00. The summed E-state index contributed by atoms with van der Waals surface area (Å²) in [4.78, 5) is 0. The highest BCUT2D eigenvalue weighted by molar-refractivity contribution is 8.00. The summed E-state index contributed by atoms with van der Waals surface area (Å²) < 4.78 is 0.0662. The SMILES string of the molecule is CC(C)c1ccc(CC(O)C2(C)CCCS2)cc1. The van der Waals surface area contributed by atoms with Crippen molar-refractivity contribution in [3.8, 4) is 0 Å². The minimum absolute atomic E-state index is 0.0662. The standard InChI is InChI=1S/C16H24OS/c1-12(2)14-7-5-13(6-8-14)11-15(17)16(3)9-4-10-18-16/h5-8,12,15,17H,4,9-11H2,1-3H3. The number of hydrogen-bond donors (Lipinski definition) is 1. The monoisotopic (exact) mass is 264 g/mol. The minimum atomic E-state index is -0.227. The summed E-state index contributed by atoms with van der Waals surface area (Å²) in [5, 5.41) is 10.4. The van der Waals surface area contributed by atoms with E-state index in [1.165, 1.54) is 23.3 Å². The summed E-state index contributed by atoms with van der Waals surface area (Å²) in [6.07, 6.45) is 2.94. The Labute approximate surface area is 115 Å². The Bertz CT molecular complexity index is 377. The molecule has 0 radical (unpaired) electrons. The van der Waals surface area contributed by atoms with Crippen molar-refractivity contribution in [2.45, 2.75) is 56.8 Å². The molecule has 1 aliphatic heterocycles. The van der Waals surface area contributed by atoms with E-state index in [0.717, 1.165) is 12.8 Å². The van der Waals surface area contributed by atoms with Crippen molar-refractivity contribution in [1.82, 2.24) is 0 Å². The topological polar surface area (TPSA) is 20.2 Å². The zero-order valence-corrected chi connectivity index (χ0v) is 12.5. The highest BCUT2D eigenvalue weighted by Gasteiger charge is 2.36. The van der Waals surface area contributed by atoms with Crippen molar-refractivity contribution >= 4 is 11.8 Å². The molecule has 2 unspecified atom stereocenters. The maximum Gasteiger partial charge on any atom is 0.0724 e. The third kappa shape index (κ3) is 3.10. The summed E-state index contributed by atoms with van der Waals surface area (Å²) in [5.74, 6) is 1.77. The van der Waals surface area contributed by atoms with Crippen molar-refractivity contribution in [2.75, 3.05) is 5.75 Å². The van der Waals surface area contributed by atoms with Crippen LogP contribution < -0.4 is 0 Å². The molecule has 0 amide bonds. The molecule has 1 aromatic carbocycles. The molecular weight excluding hydrogens is 240 g/mol. The van der Waals surface area contributed by atoms with Gasteiger partial charge in [-0.25, -0.2) is 0 Å². The Hall–Kier alpha value is -0.470. The molecule has 100 valence electrons. The zero-order chi connectivity index (χ0) is 13.2. The van der Waals surface area contributed by atoms with Crippen LogP contribution in [-0.4, -0.2) is 21.7 Å². The highest BCUT2D eigenvalue weighted by Crippen LogP contribution is 2.41. The number of benzene rings is 1. The van der Waals surface area contributed by atoms with Crippen LogP contribution in [-0.2, 0) is 6.42 Å². The van der Waals surface area contributed by atoms with E-state index in [4.69, 9.17) is 0 Å². The van der Waals surface area contributed by atoms with Crippen molar-refractivity contribution < 1.29 is 5.11 Å². The van der Waals surface area contributed by atoms with Gasteiger partial charge >= 0.3 is 0 Å². The molecule has 1 saturated heterocycles. The number of aliphatic hydroxyl groups excluding tert-OH is 1. The first-order valence-electron chi connectivity index (χ1n) is 6.92. The molecule has 2 heteroatoms. The molecule has 0 aliphatic carbocycles. The molecule has 0 aromatic heterocycles. The van der Waals surface area contributed by atoms with Crippen LogP contribution >= 0.6 is 11.8 Å². The second-order valence-corrected chi connectivity index (χ2v) is 7.51. The van der Waals surface area contributed by atoms with Crippen LogP contribution in [0.2, 0.25) is 0 Å². The molecule has 1 N–H and O–H groups in total. The summed E-state index contributed by atoms with van der Waals surface area (Å²) in [6.45, 7) is 6.62.